The first kappa shape index (κ1) is 10.7. The number of hydrogen-bond acceptors (Lipinski definition) is 2. The predicted molar refractivity (Wildman–Crippen MR) is 59.6 cm³/mol. The second kappa shape index (κ2) is 4.39. The smallest absolute Gasteiger partial charge is 0.314 e. The molecule has 0 aromatic heterocycles. The van der Waals surface area contributed by atoms with E-state index in [1.807, 2.05) is 0 Å². The number of nitrogens with zero attached hydrogens (tertiary/aromatic N) is 1. The maximum absolute atomic E-state index is 11.2. The molecule has 2 saturated heterocycles. The van der Waals surface area contributed by atoms with Gasteiger partial charge in [-0.15, -0.1) is 0 Å². The standard InChI is InChI=1S/C11H21N3O/c12-10(15)14-8-4-6-11(9-14)5-2-1-3-7-13-11/h13H,1-9H2,(H2,12,15). The molecule has 86 valence electrons. The van der Waals surface area contributed by atoms with Crippen LogP contribution in [0, 0.1) is 0 Å². The van der Waals surface area contributed by atoms with Crippen LogP contribution in [0.4, 0.5) is 4.79 Å². The van der Waals surface area contributed by atoms with Crippen molar-refractivity contribution < 1.29 is 4.79 Å². The minimum Gasteiger partial charge on any atom is -0.351 e. The molecule has 2 amide bonds. The van der Waals surface area contributed by atoms with E-state index in [1.54, 1.807) is 4.90 Å². The highest BCUT2D eigenvalue weighted by Crippen LogP contribution is 2.28. The molecule has 4 nitrogen and oxygen atoms in total. The first-order valence-corrected chi connectivity index (χ1v) is 6.01. The Morgan fingerprint density at radius 3 is 2.80 bits per heavy atom. The summed E-state index contributed by atoms with van der Waals surface area (Å²) in [6.45, 7) is 2.73. The lowest BCUT2D eigenvalue weighted by Crippen LogP contribution is -2.58. The van der Waals surface area contributed by atoms with Gasteiger partial charge in [-0.3, -0.25) is 0 Å². The SMILES string of the molecule is NC(=O)N1CCCC2(CCCCCN2)C1. The number of nitrogens with two attached hydrogens (primary N) is 1. The van der Waals surface area contributed by atoms with Gasteiger partial charge in [0.15, 0.2) is 0 Å². The number of amides is 2. The van der Waals surface area contributed by atoms with Crippen LogP contribution in [0.15, 0.2) is 0 Å². The number of piperidine rings is 1. The van der Waals surface area contributed by atoms with Crippen LogP contribution in [0.5, 0.6) is 0 Å². The molecule has 3 N–H and O–H groups in total. The summed E-state index contributed by atoms with van der Waals surface area (Å²) in [5.41, 5.74) is 5.53. The van der Waals surface area contributed by atoms with Crippen molar-refractivity contribution in [3.63, 3.8) is 0 Å². The number of primary amides is 1. The van der Waals surface area contributed by atoms with Crippen LogP contribution in [0.2, 0.25) is 0 Å². The zero-order valence-corrected chi connectivity index (χ0v) is 9.30. The number of carbonyl (C=O) groups is 1. The maximum atomic E-state index is 11.2. The Bertz CT molecular complexity index is 234. The third-order valence-corrected chi connectivity index (χ3v) is 3.72. The van der Waals surface area contributed by atoms with Crippen LogP contribution in [-0.2, 0) is 0 Å². The van der Waals surface area contributed by atoms with E-state index in [0.717, 1.165) is 26.1 Å². The molecule has 0 saturated carbocycles. The molecule has 0 aromatic carbocycles. The van der Waals surface area contributed by atoms with E-state index >= 15 is 0 Å². The molecule has 15 heavy (non-hydrogen) atoms. The van der Waals surface area contributed by atoms with Crippen molar-refractivity contribution in [2.75, 3.05) is 19.6 Å². The van der Waals surface area contributed by atoms with Gasteiger partial charge in [-0.25, -0.2) is 4.79 Å². The van der Waals surface area contributed by atoms with Gasteiger partial charge >= 0.3 is 6.03 Å². The molecule has 2 aliphatic heterocycles. The summed E-state index contributed by atoms with van der Waals surface area (Å²) in [5.74, 6) is 0. The van der Waals surface area contributed by atoms with Crippen molar-refractivity contribution >= 4 is 6.03 Å². The summed E-state index contributed by atoms with van der Waals surface area (Å²) in [5, 5.41) is 3.63. The van der Waals surface area contributed by atoms with Crippen molar-refractivity contribution in [3.8, 4) is 0 Å². The molecular weight excluding hydrogens is 190 g/mol. The molecule has 0 aromatic rings. The minimum atomic E-state index is -0.264. The molecule has 1 spiro atoms. The number of carbonyl (C=O) groups excluding carboxylic acids is 1. The van der Waals surface area contributed by atoms with Crippen LogP contribution in [0.3, 0.4) is 0 Å². The Labute approximate surface area is 91.2 Å². The molecule has 1 unspecified atom stereocenters. The number of urea groups is 1. The first-order chi connectivity index (χ1) is 7.22. The lowest BCUT2D eigenvalue weighted by molar-refractivity contribution is 0.134. The molecule has 0 radical (unpaired) electrons. The van der Waals surface area contributed by atoms with E-state index in [4.69, 9.17) is 5.73 Å². The van der Waals surface area contributed by atoms with Gasteiger partial charge in [0, 0.05) is 18.6 Å². The van der Waals surface area contributed by atoms with Gasteiger partial charge in [0.2, 0.25) is 0 Å². The molecule has 4 heteroatoms. The van der Waals surface area contributed by atoms with Crippen molar-refractivity contribution in [3.05, 3.63) is 0 Å². The molecule has 2 fully saturated rings. The molecule has 2 rings (SSSR count). The van der Waals surface area contributed by atoms with Gasteiger partial charge in [0.1, 0.15) is 0 Å². The summed E-state index contributed by atoms with van der Waals surface area (Å²) in [7, 11) is 0. The number of likely N-dealkylation sites (tertiary alicyclic amines) is 1. The third-order valence-electron chi connectivity index (χ3n) is 3.72. The zero-order valence-electron chi connectivity index (χ0n) is 9.30. The van der Waals surface area contributed by atoms with E-state index in [1.165, 1.54) is 32.1 Å². The van der Waals surface area contributed by atoms with Crippen molar-refractivity contribution in [2.24, 2.45) is 5.73 Å². The second-order valence-electron chi connectivity index (χ2n) is 4.88. The Kier molecular flexibility index (Phi) is 3.14. The van der Waals surface area contributed by atoms with Gasteiger partial charge in [-0.05, 0) is 32.2 Å². The molecule has 2 heterocycles. The first-order valence-electron chi connectivity index (χ1n) is 6.01. The van der Waals surface area contributed by atoms with E-state index < -0.39 is 0 Å². The van der Waals surface area contributed by atoms with Gasteiger partial charge in [0.05, 0.1) is 0 Å². The van der Waals surface area contributed by atoms with Gasteiger partial charge < -0.3 is 16.0 Å². The number of nitrogens with one attached hydrogen (secondary N) is 1. The monoisotopic (exact) mass is 211 g/mol. The fourth-order valence-electron chi connectivity index (χ4n) is 2.88. The van der Waals surface area contributed by atoms with E-state index in [2.05, 4.69) is 5.32 Å². The van der Waals surface area contributed by atoms with Crippen LogP contribution in [-0.4, -0.2) is 36.1 Å². The maximum Gasteiger partial charge on any atom is 0.314 e. The molecule has 0 aliphatic carbocycles. The van der Waals surface area contributed by atoms with Gasteiger partial charge in [-0.1, -0.05) is 12.8 Å². The number of hydrogen-bond donors (Lipinski definition) is 2. The Morgan fingerprint density at radius 2 is 2.00 bits per heavy atom. The minimum absolute atomic E-state index is 0.170. The summed E-state index contributed by atoms with van der Waals surface area (Å²) in [6, 6.07) is -0.264. The normalized spacial score (nSPS) is 32.7. The summed E-state index contributed by atoms with van der Waals surface area (Å²) >= 11 is 0. The summed E-state index contributed by atoms with van der Waals surface area (Å²) in [4.78, 5) is 13.0. The van der Waals surface area contributed by atoms with Crippen molar-refractivity contribution in [2.45, 2.75) is 44.1 Å². The van der Waals surface area contributed by atoms with Crippen LogP contribution >= 0.6 is 0 Å². The quantitative estimate of drug-likeness (QED) is 0.629. The third kappa shape index (κ3) is 2.43. The molecular formula is C11H21N3O. The van der Waals surface area contributed by atoms with Crippen molar-refractivity contribution in [1.29, 1.82) is 0 Å². The Balaban J connectivity index is 2.02. The predicted octanol–water partition coefficient (Wildman–Crippen LogP) is 1.06. The molecule has 1 atom stereocenters. The van der Waals surface area contributed by atoms with Gasteiger partial charge in [0.25, 0.3) is 0 Å². The topological polar surface area (TPSA) is 58.4 Å². The lowest BCUT2D eigenvalue weighted by atomic mass is 9.85. The van der Waals surface area contributed by atoms with E-state index in [9.17, 15) is 4.79 Å². The highest BCUT2D eigenvalue weighted by Gasteiger charge is 2.36. The highest BCUT2D eigenvalue weighted by atomic mass is 16.2. The fourth-order valence-corrected chi connectivity index (χ4v) is 2.88. The molecule has 0 bridgehead atoms. The Morgan fingerprint density at radius 1 is 1.20 bits per heavy atom. The fraction of sp³-hybridized carbons (Fsp3) is 0.909. The zero-order chi connectivity index (χ0) is 10.7. The average Bonchev–Trinajstić information content (AvgIpc) is 2.44. The van der Waals surface area contributed by atoms with Crippen LogP contribution in [0.1, 0.15) is 38.5 Å². The Hall–Kier alpha value is -0.770. The molecule has 2 aliphatic rings. The summed E-state index contributed by atoms with van der Waals surface area (Å²) in [6.07, 6.45) is 7.31. The largest absolute Gasteiger partial charge is 0.351 e. The van der Waals surface area contributed by atoms with E-state index in [0.29, 0.717) is 0 Å². The van der Waals surface area contributed by atoms with E-state index in [-0.39, 0.29) is 11.6 Å². The average molecular weight is 211 g/mol. The van der Waals surface area contributed by atoms with Gasteiger partial charge in [-0.2, -0.15) is 0 Å². The van der Waals surface area contributed by atoms with Crippen molar-refractivity contribution in [1.82, 2.24) is 10.2 Å². The van der Waals surface area contributed by atoms with Crippen LogP contribution in [0.25, 0.3) is 0 Å². The second-order valence-corrected chi connectivity index (χ2v) is 4.88. The lowest BCUT2D eigenvalue weighted by Gasteiger charge is -2.42. The van der Waals surface area contributed by atoms with Crippen LogP contribution < -0.4 is 11.1 Å². The number of rotatable bonds is 0. The summed E-state index contributed by atoms with van der Waals surface area (Å²) < 4.78 is 0. The highest BCUT2D eigenvalue weighted by molar-refractivity contribution is 5.72.